The standard InChI is InChI=1S/C8H4BrClFNO3.C7H3ClFNO4/c9-3-8(13)4-1-7(12(14)15)5(10)2-6(4)11;8-4-2-5(9)3(7(11)12)1-6(4)10(13)14/h1-2H,3H2;1-2H,(H,11,12). The van der Waals surface area contributed by atoms with Gasteiger partial charge in [-0.1, -0.05) is 39.1 Å². The highest BCUT2D eigenvalue weighted by atomic mass is 79.9. The lowest BCUT2D eigenvalue weighted by molar-refractivity contribution is -0.384. The Kier molecular flexibility index (Phi) is 8.55. The predicted octanol–water partition coefficient (Wildman–Crippen LogP) is 5.05. The second kappa shape index (κ2) is 10.2. The average molecular weight is 516 g/mol. The van der Waals surface area contributed by atoms with Gasteiger partial charge in [0.15, 0.2) is 5.78 Å². The van der Waals surface area contributed by atoms with Crippen LogP contribution in [0.2, 0.25) is 10.0 Å². The van der Waals surface area contributed by atoms with Crippen molar-refractivity contribution in [1.82, 2.24) is 0 Å². The molecule has 2 aromatic rings. The summed E-state index contributed by atoms with van der Waals surface area (Å²) in [6.45, 7) is 0. The fourth-order valence-corrected chi connectivity index (χ4v) is 2.55. The Morgan fingerprint density at radius 2 is 1.31 bits per heavy atom. The van der Waals surface area contributed by atoms with Gasteiger partial charge in [0.2, 0.25) is 0 Å². The molecule has 14 heteroatoms. The van der Waals surface area contributed by atoms with Gasteiger partial charge in [-0.2, -0.15) is 0 Å². The highest BCUT2D eigenvalue weighted by molar-refractivity contribution is 9.09. The van der Waals surface area contributed by atoms with Crippen molar-refractivity contribution in [2.24, 2.45) is 0 Å². The number of carbonyl (C=O) groups excluding carboxylic acids is 1. The van der Waals surface area contributed by atoms with Gasteiger partial charge >= 0.3 is 5.97 Å². The number of carboxylic acids is 1. The van der Waals surface area contributed by atoms with Crippen molar-refractivity contribution in [3.8, 4) is 0 Å². The summed E-state index contributed by atoms with van der Waals surface area (Å²) in [5.41, 5.74) is -2.24. The number of aromatic carboxylic acids is 1. The third kappa shape index (κ3) is 6.14. The molecule has 154 valence electrons. The zero-order chi connectivity index (χ0) is 22.5. The van der Waals surface area contributed by atoms with Gasteiger partial charge in [-0.3, -0.25) is 25.0 Å². The fourth-order valence-electron chi connectivity index (χ4n) is 1.80. The molecule has 0 unspecified atom stereocenters. The number of carboxylic acid groups (broad SMARTS) is 1. The molecule has 0 heterocycles. The zero-order valence-electron chi connectivity index (χ0n) is 13.7. The van der Waals surface area contributed by atoms with Crippen LogP contribution < -0.4 is 0 Å². The number of rotatable bonds is 5. The molecule has 29 heavy (non-hydrogen) atoms. The number of nitrogens with zero attached hydrogens (tertiary/aromatic N) is 2. The minimum absolute atomic E-state index is 0.108. The average Bonchev–Trinajstić information content (AvgIpc) is 2.60. The molecule has 0 aliphatic heterocycles. The van der Waals surface area contributed by atoms with Crippen LogP contribution in [0.4, 0.5) is 20.2 Å². The zero-order valence-corrected chi connectivity index (χ0v) is 16.8. The van der Waals surface area contributed by atoms with E-state index in [-0.39, 0.29) is 15.9 Å². The first-order valence-electron chi connectivity index (χ1n) is 7.00. The Morgan fingerprint density at radius 3 is 1.66 bits per heavy atom. The maximum absolute atomic E-state index is 13.2. The largest absolute Gasteiger partial charge is 0.478 e. The number of Topliss-reactive ketones (excluding diaryl/α,β-unsaturated/α-hetero) is 1. The van der Waals surface area contributed by atoms with Gasteiger partial charge in [-0.05, 0) is 0 Å². The van der Waals surface area contributed by atoms with Gasteiger partial charge < -0.3 is 5.11 Å². The summed E-state index contributed by atoms with van der Waals surface area (Å²) in [5, 5.41) is 28.4. The Hall–Kier alpha value is -2.70. The molecule has 0 aliphatic rings. The molecule has 0 aliphatic carbocycles. The molecule has 0 saturated carbocycles. The van der Waals surface area contributed by atoms with Crippen LogP contribution in [0, 0.1) is 31.9 Å². The van der Waals surface area contributed by atoms with Crippen molar-refractivity contribution in [2.45, 2.75) is 0 Å². The molecular weight excluding hydrogens is 509 g/mol. The Morgan fingerprint density at radius 1 is 0.931 bits per heavy atom. The SMILES string of the molecule is O=C(CBr)c1cc([N+](=O)[O-])c(Cl)cc1F.O=C(O)c1cc([N+](=O)[O-])c(Cl)cc1F. The van der Waals surface area contributed by atoms with Crippen LogP contribution in [0.15, 0.2) is 24.3 Å². The Labute approximate surface area is 178 Å². The molecule has 2 aromatic carbocycles. The predicted molar refractivity (Wildman–Crippen MR) is 101 cm³/mol. The van der Waals surface area contributed by atoms with E-state index >= 15 is 0 Å². The van der Waals surface area contributed by atoms with Gasteiger partial charge in [0, 0.05) is 24.3 Å². The summed E-state index contributed by atoms with van der Waals surface area (Å²) < 4.78 is 26.0. The third-order valence-electron chi connectivity index (χ3n) is 3.12. The topological polar surface area (TPSA) is 141 Å². The van der Waals surface area contributed by atoms with E-state index in [0.29, 0.717) is 12.1 Å². The number of carbonyl (C=O) groups is 2. The fraction of sp³-hybridized carbons (Fsp3) is 0.0667. The minimum atomic E-state index is -1.58. The Balaban J connectivity index is 0.000000291. The van der Waals surface area contributed by atoms with E-state index in [2.05, 4.69) is 15.9 Å². The molecule has 0 fully saturated rings. The van der Waals surface area contributed by atoms with E-state index in [1.807, 2.05) is 0 Å². The van der Waals surface area contributed by atoms with E-state index < -0.39 is 55.2 Å². The van der Waals surface area contributed by atoms with Gasteiger partial charge in [0.05, 0.1) is 20.7 Å². The number of ketones is 1. The van der Waals surface area contributed by atoms with Crippen molar-refractivity contribution in [2.75, 3.05) is 5.33 Å². The van der Waals surface area contributed by atoms with Crippen LogP contribution in [-0.2, 0) is 0 Å². The lowest BCUT2D eigenvalue weighted by Gasteiger charge is -2.01. The van der Waals surface area contributed by atoms with Crippen LogP contribution in [-0.4, -0.2) is 32.0 Å². The molecule has 0 radical (unpaired) electrons. The van der Waals surface area contributed by atoms with Gasteiger partial charge in [-0.15, -0.1) is 0 Å². The molecule has 0 spiro atoms. The molecule has 0 amide bonds. The van der Waals surface area contributed by atoms with Crippen molar-refractivity contribution >= 4 is 62.3 Å². The van der Waals surface area contributed by atoms with Crippen LogP contribution in [0.5, 0.6) is 0 Å². The van der Waals surface area contributed by atoms with E-state index in [1.165, 1.54) is 0 Å². The van der Waals surface area contributed by atoms with Gasteiger partial charge in [0.25, 0.3) is 11.4 Å². The summed E-state index contributed by atoms with van der Waals surface area (Å²) in [5.74, 6) is -4.13. The summed E-state index contributed by atoms with van der Waals surface area (Å²) in [6, 6.07) is 2.78. The summed E-state index contributed by atoms with van der Waals surface area (Å²) in [4.78, 5) is 40.7. The van der Waals surface area contributed by atoms with Crippen molar-refractivity contribution < 1.29 is 33.3 Å². The van der Waals surface area contributed by atoms with E-state index in [9.17, 15) is 38.6 Å². The molecule has 9 nitrogen and oxygen atoms in total. The first-order valence-corrected chi connectivity index (χ1v) is 8.87. The number of alkyl halides is 1. The second-order valence-corrected chi connectivity index (χ2v) is 6.32. The maximum Gasteiger partial charge on any atom is 0.338 e. The quantitative estimate of drug-likeness (QED) is 0.254. The molecule has 1 N–H and O–H groups in total. The second-order valence-electron chi connectivity index (χ2n) is 4.94. The smallest absolute Gasteiger partial charge is 0.338 e. The van der Waals surface area contributed by atoms with Crippen molar-refractivity contribution in [3.63, 3.8) is 0 Å². The highest BCUT2D eigenvalue weighted by Gasteiger charge is 2.21. The molecule has 0 atom stereocenters. The van der Waals surface area contributed by atoms with Crippen LogP contribution >= 0.6 is 39.1 Å². The lowest BCUT2D eigenvalue weighted by atomic mass is 10.1. The van der Waals surface area contributed by atoms with Gasteiger partial charge in [-0.25, -0.2) is 13.6 Å². The van der Waals surface area contributed by atoms with E-state index in [1.54, 1.807) is 0 Å². The maximum atomic E-state index is 13.2. The van der Waals surface area contributed by atoms with E-state index in [4.69, 9.17) is 28.3 Å². The lowest BCUT2D eigenvalue weighted by Crippen LogP contribution is -2.05. The molecule has 0 bridgehead atoms. The number of halogens is 5. The van der Waals surface area contributed by atoms with Crippen LogP contribution in [0.25, 0.3) is 0 Å². The normalized spacial score (nSPS) is 9.97. The number of hydrogen-bond donors (Lipinski definition) is 1. The number of nitro benzene ring substituents is 2. The van der Waals surface area contributed by atoms with Crippen molar-refractivity contribution in [1.29, 1.82) is 0 Å². The van der Waals surface area contributed by atoms with Crippen LogP contribution in [0.1, 0.15) is 20.7 Å². The van der Waals surface area contributed by atoms with Crippen molar-refractivity contribution in [3.05, 3.63) is 77.3 Å². The molecular formula is C15H7BrCl2F2N2O7. The van der Waals surface area contributed by atoms with Crippen LogP contribution in [0.3, 0.4) is 0 Å². The molecule has 0 saturated heterocycles. The Bertz CT molecular complexity index is 985. The summed E-state index contributed by atoms with van der Waals surface area (Å²) >= 11 is 13.6. The summed E-state index contributed by atoms with van der Waals surface area (Å²) in [6.07, 6.45) is 0. The monoisotopic (exact) mass is 514 g/mol. The number of benzene rings is 2. The number of hydrogen-bond acceptors (Lipinski definition) is 6. The molecule has 0 aromatic heterocycles. The third-order valence-corrected chi connectivity index (χ3v) is 4.23. The highest BCUT2D eigenvalue weighted by Crippen LogP contribution is 2.28. The van der Waals surface area contributed by atoms with E-state index in [0.717, 1.165) is 12.1 Å². The summed E-state index contributed by atoms with van der Waals surface area (Å²) in [7, 11) is 0. The number of nitro groups is 2. The first kappa shape index (κ1) is 24.3. The molecule has 2 rings (SSSR count). The first-order chi connectivity index (χ1) is 13.4. The minimum Gasteiger partial charge on any atom is -0.478 e. The van der Waals surface area contributed by atoms with Gasteiger partial charge in [0.1, 0.15) is 27.2 Å².